The average molecular weight is 302 g/mol. The number of anilines is 1. The van der Waals surface area contributed by atoms with Crippen molar-refractivity contribution in [3.63, 3.8) is 0 Å². The zero-order valence-corrected chi connectivity index (χ0v) is 11.7. The zero-order chi connectivity index (χ0) is 15.5. The molecule has 1 aromatic carbocycles. The lowest BCUT2D eigenvalue weighted by atomic mass is 10.2. The lowest BCUT2D eigenvalue weighted by Crippen LogP contribution is -2.20. The van der Waals surface area contributed by atoms with Crippen LogP contribution in [0.15, 0.2) is 23.1 Å². The smallest absolute Gasteiger partial charge is 0.310 e. The van der Waals surface area contributed by atoms with Crippen LogP contribution >= 0.6 is 0 Å². The Morgan fingerprint density at radius 3 is 2.55 bits per heavy atom. The number of aliphatic carboxylic acids is 1. The summed E-state index contributed by atoms with van der Waals surface area (Å²) in [5.41, 5.74) is -0.598. The number of carbonyl (C=O) groups is 1. The van der Waals surface area contributed by atoms with E-state index < -0.39 is 37.4 Å². The number of rotatable bonds is 6. The zero-order valence-electron chi connectivity index (χ0n) is 10.9. The Bertz CT molecular complexity index is 640. The maximum absolute atomic E-state index is 11.5. The van der Waals surface area contributed by atoms with Crippen molar-refractivity contribution in [3.05, 3.63) is 28.3 Å². The van der Waals surface area contributed by atoms with Crippen molar-refractivity contribution >= 4 is 27.2 Å². The molecule has 1 rings (SSSR count). The van der Waals surface area contributed by atoms with Gasteiger partial charge >= 0.3 is 11.7 Å². The normalized spacial score (nSPS) is 12.7. The summed E-state index contributed by atoms with van der Waals surface area (Å²) in [6.45, 7) is 1.53. The molecule has 0 aliphatic carbocycles. The molecule has 110 valence electrons. The third-order valence-corrected chi connectivity index (χ3v) is 3.59. The van der Waals surface area contributed by atoms with E-state index in [4.69, 9.17) is 5.11 Å². The van der Waals surface area contributed by atoms with Gasteiger partial charge in [-0.3, -0.25) is 14.9 Å². The molecule has 0 fully saturated rings. The molecule has 0 heterocycles. The number of hydrogen-bond acceptors (Lipinski definition) is 6. The number of carboxylic acids is 1. The fourth-order valence-electron chi connectivity index (χ4n) is 1.70. The van der Waals surface area contributed by atoms with Crippen molar-refractivity contribution < 1.29 is 23.2 Å². The molecule has 0 amide bonds. The van der Waals surface area contributed by atoms with Crippen LogP contribution in [0.5, 0.6) is 0 Å². The van der Waals surface area contributed by atoms with Crippen LogP contribution in [0.1, 0.15) is 13.3 Å². The Balaban J connectivity index is 3.27. The molecule has 20 heavy (non-hydrogen) atoms. The van der Waals surface area contributed by atoms with Gasteiger partial charge in [0, 0.05) is 12.3 Å². The molecule has 0 aromatic heterocycles. The predicted molar refractivity (Wildman–Crippen MR) is 71.5 cm³/mol. The number of nitrogens with zero attached hydrogens (tertiary/aromatic N) is 1. The quantitative estimate of drug-likeness (QED) is 0.598. The van der Waals surface area contributed by atoms with Crippen LogP contribution in [0.25, 0.3) is 0 Å². The van der Waals surface area contributed by atoms with E-state index in [-0.39, 0.29) is 12.1 Å². The predicted octanol–water partition coefficient (Wildman–Crippen LogP) is 1.27. The second-order valence-corrected chi connectivity index (χ2v) is 6.31. The minimum Gasteiger partial charge on any atom is -0.481 e. The number of nitro benzene ring substituents is 1. The van der Waals surface area contributed by atoms with Crippen LogP contribution in [0.4, 0.5) is 11.4 Å². The van der Waals surface area contributed by atoms with E-state index in [1.165, 1.54) is 19.1 Å². The van der Waals surface area contributed by atoms with Gasteiger partial charge in [0.15, 0.2) is 9.84 Å². The summed E-state index contributed by atoms with van der Waals surface area (Å²) >= 11 is 0. The van der Waals surface area contributed by atoms with E-state index in [1.54, 1.807) is 0 Å². The lowest BCUT2D eigenvalue weighted by Gasteiger charge is -2.14. The van der Waals surface area contributed by atoms with Crippen LogP contribution in [0, 0.1) is 10.1 Å². The molecule has 0 aliphatic rings. The molecule has 0 bridgehead atoms. The lowest BCUT2D eigenvalue weighted by molar-refractivity contribution is -0.386. The molecule has 0 aliphatic heterocycles. The highest BCUT2D eigenvalue weighted by atomic mass is 32.2. The molecule has 2 N–H and O–H groups in total. The summed E-state index contributed by atoms with van der Waals surface area (Å²) < 4.78 is 23.1. The van der Waals surface area contributed by atoms with Crippen LogP contribution in [0.3, 0.4) is 0 Å². The number of para-hydroxylation sites is 1. The van der Waals surface area contributed by atoms with Crippen molar-refractivity contribution in [2.24, 2.45) is 0 Å². The SMILES string of the molecule is CC(CC(=O)O)Nc1cccc(S(C)(=O)=O)c1[N+](=O)[O-]. The van der Waals surface area contributed by atoms with Crippen LogP contribution in [-0.4, -0.2) is 36.7 Å². The van der Waals surface area contributed by atoms with Crippen molar-refractivity contribution in [1.29, 1.82) is 0 Å². The maximum atomic E-state index is 11.5. The van der Waals surface area contributed by atoms with Gasteiger partial charge in [-0.25, -0.2) is 8.42 Å². The first-order valence-corrected chi connectivity index (χ1v) is 7.48. The van der Waals surface area contributed by atoms with E-state index in [0.717, 1.165) is 12.3 Å². The number of sulfone groups is 1. The van der Waals surface area contributed by atoms with Gasteiger partial charge in [-0.2, -0.15) is 0 Å². The number of carboxylic acid groups (broad SMARTS) is 1. The van der Waals surface area contributed by atoms with E-state index in [0.29, 0.717) is 0 Å². The van der Waals surface area contributed by atoms with Crippen LogP contribution < -0.4 is 5.32 Å². The Morgan fingerprint density at radius 1 is 1.50 bits per heavy atom. The van der Waals surface area contributed by atoms with Gasteiger partial charge in [-0.15, -0.1) is 0 Å². The summed E-state index contributed by atoms with van der Waals surface area (Å²) in [7, 11) is -3.76. The summed E-state index contributed by atoms with van der Waals surface area (Å²) in [5.74, 6) is -1.06. The minimum absolute atomic E-state index is 0.0216. The summed E-state index contributed by atoms with van der Waals surface area (Å²) in [6, 6.07) is 3.26. The number of benzene rings is 1. The molecule has 9 heteroatoms. The third kappa shape index (κ3) is 3.92. The summed E-state index contributed by atoms with van der Waals surface area (Å²) in [4.78, 5) is 20.4. The topological polar surface area (TPSA) is 127 Å². The highest BCUT2D eigenvalue weighted by Crippen LogP contribution is 2.32. The fraction of sp³-hybridized carbons (Fsp3) is 0.364. The van der Waals surface area contributed by atoms with Crippen molar-refractivity contribution in [1.82, 2.24) is 0 Å². The third-order valence-electron chi connectivity index (χ3n) is 2.46. The largest absolute Gasteiger partial charge is 0.481 e. The van der Waals surface area contributed by atoms with Crippen molar-refractivity contribution in [2.75, 3.05) is 11.6 Å². The van der Waals surface area contributed by atoms with Gasteiger partial charge in [0.05, 0.1) is 11.3 Å². The van der Waals surface area contributed by atoms with E-state index in [9.17, 15) is 23.3 Å². The summed E-state index contributed by atoms with van der Waals surface area (Å²) in [5, 5.41) is 22.4. The van der Waals surface area contributed by atoms with Crippen LogP contribution in [-0.2, 0) is 14.6 Å². The monoisotopic (exact) mass is 302 g/mol. The van der Waals surface area contributed by atoms with Crippen molar-refractivity contribution in [3.8, 4) is 0 Å². The van der Waals surface area contributed by atoms with Gasteiger partial charge in [-0.1, -0.05) is 6.07 Å². The first-order chi connectivity index (χ1) is 9.12. The minimum atomic E-state index is -3.76. The molecular weight excluding hydrogens is 288 g/mol. The molecule has 0 spiro atoms. The molecule has 0 radical (unpaired) electrons. The highest BCUT2D eigenvalue weighted by Gasteiger charge is 2.26. The van der Waals surface area contributed by atoms with Gasteiger partial charge in [0.25, 0.3) is 0 Å². The van der Waals surface area contributed by atoms with Crippen molar-refractivity contribution in [2.45, 2.75) is 24.3 Å². The second kappa shape index (κ2) is 5.87. The number of hydrogen-bond donors (Lipinski definition) is 2. The second-order valence-electron chi connectivity index (χ2n) is 4.32. The number of nitro groups is 1. The number of nitrogens with one attached hydrogen (secondary N) is 1. The standard InChI is InChI=1S/C11H14N2O6S/c1-7(6-10(14)15)12-8-4-3-5-9(20(2,18)19)11(8)13(16)17/h3-5,7,12H,6H2,1-2H3,(H,14,15). The molecular formula is C11H14N2O6S. The van der Waals surface area contributed by atoms with E-state index >= 15 is 0 Å². The molecule has 0 saturated carbocycles. The van der Waals surface area contributed by atoms with Gasteiger partial charge in [-0.05, 0) is 19.1 Å². The highest BCUT2D eigenvalue weighted by molar-refractivity contribution is 7.90. The van der Waals surface area contributed by atoms with Crippen LogP contribution in [0.2, 0.25) is 0 Å². The molecule has 1 aromatic rings. The Morgan fingerprint density at radius 2 is 2.10 bits per heavy atom. The molecule has 0 saturated heterocycles. The molecule has 1 unspecified atom stereocenters. The molecule has 1 atom stereocenters. The van der Waals surface area contributed by atoms with Gasteiger partial charge in [0.2, 0.25) is 0 Å². The Kier molecular flexibility index (Phi) is 4.66. The van der Waals surface area contributed by atoms with E-state index in [1.807, 2.05) is 0 Å². The Hall–Kier alpha value is -2.16. The van der Waals surface area contributed by atoms with E-state index in [2.05, 4.69) is 5.32 Å². The summed E-state index contributed by atoms with van der Waals surface area (Å²) in [6.07, 6.45) is 0.625. The Labute approximate surface area is 115 Å². The van der Waals surface area contributed by atoms with Gasteiger partial charge < -0.3 is 10.4 Å². The maximum Gasteiger partial charge on any atom is 0.310 e. The average Bonchev–Trinajstić information content (AvgIpc) is 2.25. The van der Waals surface area contributed by atoms with Gasteiger partial charge in [0.1, 0.15) is 10.6 Å². The first kappa shape index (κ1) is 15.9. The molecule has 8 nitrogen and oxygen atoms in total. The first-order valence-electron chi connectivity index (χ1n) is 5.58. The fourth-order valence-corrected chi connectivity index (χ4v) is 2.57.